The molecular weight excluding hydrogens is 356 g/mol. The molecule has 0 aliphatic carbocycles. The lowest BCUT2D eigenvalue weighted by Gasteiger charge is -2.13. The summed E-state index contributed by atoms with van der Waals surface area (Å²) >= 11 is 0. The Kier molecular flexibility index (Phi) is 8.58. The lowest BCUT2D eigenvalue weighted by molar-refractivity contribution is -0.124. The first-order valence-electron chi connectivity index (χ1n) is 7.31. The highest BCUT2D eigenvalue weighted by Crippen LogP contribution is 2.14. The molecule has 0 saturated heterocycles. The van der Waals surface area contributed by atoms with E-state index in [4.69, 9.17) is 4.74 Å². The molecule has 1 rings (SSSR count). The first-order chi connectivity index (χ1) is 11.8. The number of ketones is 1. The van der Waals surface area contributed by atoms with E-state index in [1.807, 2.05) is 6.66 Å². The molecule has 9 heteroatoms. The van der Waals surface area contributed by atoms with Gasteiger partial charge in [0.05, 0.1) is 6.35 Å². The summed E-state index contributed by atoms with van der Waals surface area (Å²) < 4.78 is 45.2. The van der Waals surface area contributed by atoms with Crippen LogP contribution in [0.1, 0.15) is 5.56 Å². The van der Waals surface area contributed by atoms with Gasteiger partial charge in [-0.15, -0.1) is 0 Å². The van der Waals surface area contributed by atoms with Crippen molar-refractivity contribution in [2.24, 2.45) is 0 Å². The lowest BCUT2D eigenvalue weighted by Crippen LogP contribution is -2.31. The topological polar surface area (TPSA) is 58.6 Å². The number of Topliss-reactive ketones (excluding diaryl/α,β-unsaturated/α-hetero) is 1. The molecule has 0 radical (unpaired) electrons. The molecule has 1 aromatic carbocycles. The highest BCUT2D eigenvalue weighted by molar-refractivity contribution is 7.36. The molecule has 0 saturated carbocycles. The summed E-state index contributed by atoms with van der Waals surface area (Å²) in [5.74, 6) is -4.64. The van der Waals surface area contributed by atoms with Crippen molar-refractivity contribution in [1.82, 2.24) is 10.2 Å². The van der Waals surface area contributed by atoms with Crippen LogP contribution in [-0.2, 0) is 20.9 Å². The fraction of sp³-hybridized carbons (Fsp3) is 0.375. The van der Waals surface area contributed by atoms with Gasteiger partial charge >= 0.3 is 0 Å². The Morgan fingerprint density at radius 1 is 1.24 bits per heavy atom. The SMILES string of the molecule is CPCOCC(=O)/C(=C/N(C)C)C(=O)NCc1c(F)cc(F)cc1F. The van der Waals surface area contributed by atoms with Crippen molar-refractivity contribution in [2.45, 2.75) is 6.54 Å². The molecular formula is C16H20F3N2O3P. The fourth-order valence-corrected chi connectivity index (χ4v) is 2.15. The zero-order valence-corrected chi connectivity index (χ0v) is 15.2. The van der Waals surface area contributed by atoms with Crippen molar-refractivity contribution >= 4 is 20.3 Å². The minimum Gasteiger partial charge on any atom is -0.383 e. The largest absolute Gasteiger partial charge is 0.383 e. The van der Waals surface area contributed by atoms with Crippen LogP contribution >= 0.6 is 8.58 Å². The molecule has 0 bridgehead atoms. The molecule has 1 amide bonds. The number of rotatable bonds is 9. The van der Waals surface area contributed by atoms with Crippen molar-refractivity contribution in [3.8, 4) is 0 Å². The summed E-state index contributed by atoms with van der Waals surface area (Å²) in [5, 5.41) is 2.27. The molecule has 0 heterocycles. The van der Waals surface area contributed by atoms with E-state index in [0.29, 0.717) is 27.1 Å². The van der Waals surface area contributed by atoms with E-state index in [9.17, 15) is 22.8 Å². The molecule has 1 unspecified atom stereocenters. The average Bonchev–Trinajstić information content (AvgIpc) is 2.51. The summed E-state index contributed by atoms with van der Waals surface area (Å²) in [6.45, 7) is 1.11. The first-order valence-corrected chi connectivity index (χ1v) is 9.02. The first kappa shape index (κ1) is 21.1. The van der Waals surface area contributed by atoms with Crippen molar-refractivity contribution in [1.29, 1.82) is 0 Å². The monoisotopic (exact) mass is 376 g/mol. The Bertz CT molecular complexity index is 643. The molecule has 1 aromatic rings. The minimum absolute atomic E-state index is 0.202. The molecule has 0 fully saturated rings. The van der Waals surface area contributed by atoms with Gasteiger partial charge in [-0.1, -0.05) is 8.58 Å². The summed E-state index contributed by atoms with van der Waals surface area (Å²) in [6.07, 6.45) is 1.70. The number of halogens is 3. The van der Waals surface area contributed by atoms with Gasteiger partial charge in [0.15, 0.2) is 5.78 Å². The van der Waals surface area contributed by atoms with Gasteiger partial charge in [-0.2, -0.15) is 0 Å². The quantitative estimate of drug-likeness (QED) is 0.236. The van der Waals surface area contributed by atoms with E-state index >= 15 is 0 Å². The highest BCUT2D eigenvalue weighted by atomic mass is 31.1. The Morgan fingerprint density at radius 3 is 2.36 bits per heavy atom. The maximum atomic E-state index is 13.6. The molecule has 0 aliphatic heterocycles. The maximum absolute atomic E-state index is 13.6. The van der Waals surface area contributed by atoms with Crippen LogP contribution in [0.4, 0.5) is 13.2 Å². The van der Waals surface area contributed by atoms with E-state index < -0.39 is 41.3 Å². The van der Waals surface area contributed by atoms with Gasteiger partial charge in [0, 0.05) is 44.5 Å². The summed E-state index contributed by atoms with van der Waals surface area (Å²) in [7, 11) is 3.74. The molecule has 138 valence electrons. The van der Waals surface area contributed by atoms with E-state index in [0.717, 1.165) is 0 Å². The van der Waals surface area contributed by atoms with Gasteiger partial charge in [-0.05, 0) is 6.66 Å². The van der Waals surface area contributed by atoms with Crippen molar-refractivity contribution in [3.63, 3.8) is 0 Å². The number of nitrogens with one attached hydrogen (secondary N) is 1. The molecule has 5 nitrogen and oxygen atoms in total. The van der Waals surface area contributed by atoms with Crippen LogP contribution in [0, 0.1) is 17.5 Å². The number of benzene rings is 1. The molecule has 1 N–H and O–H groups in total. The third kappa shape index (κ3) is 6.84. The third-order valence-corrected chi connectivity index (χ3v) is 3.44. The van der Waals surface area contributed by atoms with E-state index in [1.165, 1.54) is 11.1 Å². The zero-order chi connectivity index (χ0) is 19.0. The average molecular weight is 376 g/mol. The van der Waals surface area contributed by atoms with Crippen LogP contribution in [0.5, 0.6) is 0 Å². The van der Waals surface area contributed by atoms with Gasteiger partial charge in [0.25, 0.3) is 5.91 Å². The molecule has 0 spiro atoms. The molecule has 0 aromatic heterocycles. The van der Waals surface area contributed by atoms with Crippen LogP contribution < -0.4 is 5.32 Å². The second kappa shape index (κ2) is 10.2. The van der Waals surface area contributed by atoms with Crippen LogP contribution in [0.3, 0.4) is 0 Å². The summed E-state index contributed by atoms with van der Waals surface area (Å²) in [5.41, 5.74) is -0.692. The predicted octanol–water partition coefficient (Wildman–Crippen LogP) is 2.02. The molecule has 25 heavy (non-hydrogen) atoms. The van der Waals surface area contributed by atoms with Crippen LogP contribution in [0.2, 0.25) is 0 Å². The van der Waals surface area contributed by atoms with E-state index in [1.54, 1.807) is 14.1 Å². The Balaban J connectivity index is 2.84. The fourth-order valence-electron chi connectivity index (χ4n) is 1.84. The van der Waals surface area contributed by atoms with Gasteiger partial charge in [0.2, 0.25) is 0 Å². The minimum atomic E-state index is -1.12. The number of amides is 1. The Labute approximate surface area is 146 Å². The number of carbonyl (C=O) groups is 2. The van der Waals surface area contributed by atoms with Gasteiger partial charge in [0.1, 0.15) is 29.6 Å². The second-order valence-corrected chi connectivity index (χ2v) is 6.30. The number of hydrogen-bond donors (Lipinski definition) is 1. The summed E-state index contributed by atoms with van der Waals surface area (Å²) in [4.78, 5) is 25.8. The van der Waals surface area contributed by atoms with Crippen molar-refractivity contribution in [2.75, 3.05) is 33.7 Å². The summed E-state index contributed by atoms with van der Waals surface area (Å²) in [6, 6.07) is 1.04. The Morgan fingerprint density at radius 2 is 1.84 bits per heavy atom. The highest BCUT2D eigenvalue weighted by Gasteiger charge is 2.20. The predicted molar refractivity (Wildman–Crippen MR) is 90.0 cm³/mol. The third-order valence-electron chi connectivity index (χ3n) is 2.94. The smallest absolute Gasteiger partial charge is 0.256 e. The Hall–Kier alpha value is -1.92. The van der Waals surface area contributed by atoms with Gasteiger partial charge in [-0.25, -0.2) is 13.2 Å². The maximum Gasteiger partial charge on any atom is 0.256 e. The number of ether oxygens (including phenoxy) is 1. The zero-order valence-electron chi connectivity index (χ0n) is 14.2. The number of nitrogens with zero attached hydrogens (tertiary/aromatic N) is 1. The van der Waals surface area contributed by atoms with Gasteiger partial charge < -0.3 is 15.0 Å². The normalized spacial score (nSPS) is 11.8. The van der Waals surface area contributed by atoms with Crippen LogP contribution in [-0.4, -0.2) is 50.3 Å². The van der Waals surface area contributed by atoms with E-state index in [-0.39, 0.29) is 12.2 Å². The number of hydrogen-bond acceptors (Lipinski definition) is 4. The molecule has 0 aliphatic rings. The molecule has 1 atom stereocenters. The second-order valence-electron chi connectivity index (χ2n) is 5.31. The van der Waals surface area contributed by atoms with Crippen molar-refractivity contribution < 1.29 is 27.5 Å². The van der Waals surface area contributed by atoms with Gasteiger partial charge in [-0.3, -0.25) is 9.59 Å². The van der Waals surface area contributed by atoms with E-state index in [2.05, 4.69) is 5.32 Å². The lowest BCUT2D eigenvalue weighted by atomic mass is 10.1. The van der Waals surface area contributed by atoms with Crippen LogP contribution in [0.15, 0.2) is 23.9 Å². The van der Waals surface area contributed by atoms with Crippen LogP contribution in [0.25, 0.3) is 0 Å². The number of carbonyl (C=O) groups excluding carboxylic acids is 2. The van der Waals surface area contributed by atoms with Crippen molar-refractivity contribution in [3.05, 3.63) is 46.9 Å². The standard InChI is InChI=1S/C16H20F3N2O3P/c1-21(2)7-12(15(22)8-24-9-25-3)16(23)20-6-11-13(18)4-10(17)5-14(11)19/h4-5,7,25H,6,8-9H2,1-3H3,(H,20,23)/b12-7-.